The van der Waals surface area contributed by atoms with Gasteiger partial charge in [-0.2, -0.15) is 0 Å². The van der Waals surface area contributed by atoms with Crippen molar-refractivity contribution in [3.05, 3.63) is 0 Å². The second-order valence-corrected chi connectivity index (χ2v) is 5.90. The Morgan fingerprint density at radius 2 is 2.12 bits per heavy atom. The number of hydrogen-bond donors (Lipinski definition) is 1. The summed E-state index contributed by atoms with van der Waals surface area (Å²) in [6.45, 7) is 4.20. The van der Waals surface area contributed by atoms with E-state index in [1.165, 1.54) is 25.7 Å². The number of likely N-dealkylation sites (tertiary alicyclic amines) is 1. The molecule has 1 saturated heterocycles. The zero-order valence-corrected chi connectivity index (χ0v) is 11.0. The number of nitrogens with zero attached hydrogens (tertiary/aromatic N) is 1. The van der Waals surface area contributed by atoms with Gasteiger partial charge in [-0.15, -0.1) is 0 Å². The monoisotopic (exact) mass is 238 g/mol. The maximum absolute atomic E-state index is 12.2. The Hall–Kier alpha value is -0.570. The quantitative estimate of drug-likeness (QED) is 0.819. The maximum atomic E-state index is 12.2. The van der Waals surface area contributed by atoms with E-state index in [1.54, 1.807) is 0 Å². The van der Waals surface area contributed by atoms with Gasteiger partial charge in [0.05, 0.1) is 0 Å². The van der Waals surface area contributed by atoms with Gasteiger partial charge in [-0.1, -0.05) is 19.8 Å². The average Bonchev–Trinajstić information content (AvgIpc) is 2.77. The normalized spacial score (nSPS) is 34.0. The first-order chi connectivity index (χ1) is 8.19. The Kier molecular flexibility index (Phi) is 4.43. The number of amides is 1. The molecule has 0 aromatic carbocycles. The van der Waals surface area contributed by atoms with Gasteiger partial charge < -0.3 is 10.6 Å². The first kappa shape index (κ1) is 12.9. The SMILES string of the molecule is CCC1CCN(C(=O)CC2CCCC(N)C2)C1. The number of carbonyl (C=O) groups is 1. The van der Waals surface area contributed by atoms with Crippen molar-refractivity contribution in [3.8, 4) is 0 Å². The highest BCUT2D eigenvalue weighted by Crippen LogP contribution is 2.28. The van der Waals surface area contributed by atoms with E-state index in [0.29, 0.717) is 17.9 Å². The number of rotatable bonds is 3. The van der Waals surface area contributed by atoms with Gasteiger partial charge in [-0.25, -0.2) is 0 Å². The third kappa shape index (κ3) is 3.44. The van der Waals surface area contributed by atoms with Gasteiger partial charge in [0.15, 0.2) is 0 Å². The molecule has 1 aliphatic heterocycles. The minimum Gasteiger partial charge on any atom is -0.342 e. The van der Waals surface area contributed by atoms with E-state index in [0.717, 1.165) is 38.3 Å². The van der Waals surface area contributed by atoms with Crippen molar-refractivity contribution in [1.29, 1.82) is 0 Å². The summed E-state index contributed by atoms with van der Waals surface area (Å²) in [7, 11) is 0. The van der Waals surface area contributed by atoms with Crippen LogP contribution in [0.4, 0.5) is 0 Å². The topological polar surface area (TPSA) is 46.3 Å². The van der Waals surface area contributed by atoms with Crippen LogP contribution in [0.5, 0.6) is 0 Å². The summed E-state index contributed by atoms with van der Waals surface area (Å²) in [6, 6.07) is 0.337. The van der Waals surface area contributed by atoms with Gasteiger partial charge in [0.2, 0.25) is 5.91 Å². The van der Waals surface area contributed by atoms with Crippen LogP contribution >= 0.6 is 0 Å². The summed E-state index contributed by atoms with van der Waals surface area (Å²) in [5.41, 5.74) is 5.97. The van der Waals surface area contributed by atoms with Crippen molar-refractivity contribution in [3.63, 3.8) is 0 Å². The molecule has 0 bridgehead atoms. The zero-order chi connectivity index (χ0) is 12.3. The van der Waals surface area contributed by atoms with Crippen LogP contribution < -0.4 is 5.73 Å². The zero-order valence-electron chi connectivity index (χ0n) is 11.0. The smallest absolute Gasteiger partial charge is 0.222 e. The van der Waals surface area contributed by atoms with Crippen LogP contribution in [0.15, 0.2) is 0 Å². The average molecular weight is 238 g/mol. The molecule has 2 rings (SSSR count). The van der Waals surface area contributed by atoms with Gasteiger partial charge in [-0.05, 0) is 37.5 Å². The van der Waals surface area contributed by atoms with Crippen LogP contribution in [0, 0.1) is 11.8 Å². The highest BCUT2D eigenvalue weighted by atomic mass is 16.2. The van der Waals surface area contributed by atoms with Crippen molar-refractivity contribution < 1.29 is 4.79 Å². The standard InChI is InChI=1S/C14H26N2O/c1-2-11-6-7-16(10-11)14(17)9-12-4-3-5-13(15)8-12/h11-13H,2-10,15H2,1H3. The fourth-order valence-electron chi connectivity index (χ4n) is 3.29. The molecular weight excluding hydrogens is 212 g/mol. The molecule has 1 heterocycles. The Bertz CT molecular complexity index is 267. The molecule has 2 aliphatic rings. The summed E-state index contributed by atoms with van der Waals surface area (Å²) < 4.78 is 0. The van der Waals surface area contributed by atoms with E-state index in [1.807, 2.05) is 0 Å². The van der Waals surface area contributed by atoms with Crippen LogP contribution in [-0.2, 0) is 4.79 Å². The van der Waals surface area contributed by atoms with Crippen molar-refractivity contribution in [2.75, 3.05) is 13.1 Å². The van der Waals surface area contributed by atoms with Crippen LogP contribution in [0.25, 0.3) is 0 Å². The molecule has 1 amide bonds. The molecule has 3 heteroatoms. The summed E-state index contributed by atoms with van der Waals surface area (Å²) in [6.07, 6.45) is 7.75. The van der Waals surface area contributed by atoms with Gasteiger partial charge in [-0.3, -0.25) is 4.79 Å². The molecule has 2 N–H and O–H groups in total. The van der Waals surface area contributed by atoms with E-state index < -0.39 is 0 Å². The van der Waals surface area contributed by atoms with Gasteiger partial charge in [0.25, 0.3) is 0 Å². The second-order valence-electron chi connectivity index (χ2n) is 5.90. The van der Waals surface area contributed by atoms with Crippen molar-refractivity contribution >= 4 is 5.91 Å². The second kappa shape index (κ2) is 5.85. The first-order valence-corrected chi connectivity index (χ1v) is 7.22. The highest BCUT2D eigenvalue weighted by molar-refractivity contribution is 5.76. The third-order valence-corrected chi connectivity index (χ3v) is 4.50. The maximum Gasteiger partial charge on any atom is 0.222 e. The fourth-order valence-corrected chi connectivity index (χ4v) is 3.29. The molecule has 1 aliphatic carbocycles. The van der Waals surface area contributed by atoms with Gasteiger partial charge >= 0.3 is 0 Å². The molecule has 3 atom stereocenters. The minimum atomic E-state index is 0.337. The molecule has 0 spiro atoms. The molecule has 17 heavy (non-hydrogen) atoms. The largest absolute Gasteiger partial charge is 0.342 e. The number of carbonyl (C=O) groups excluding carboxylic acids is 1. The fraction of sp³-hybridized carbons (Fsp3) is 0.929. The van der Waals surface area contributed by atoms with Crippen molar-refractivity contribution in [2.45, 2.75) is 57.9 Å². The van der Waals surface area contributed by atoms with Crippen LogP contribution in [0.2, 0.25) is 0 Å². The Morgan fingerprint density at radius 3 is 2.76 bits per heavy atom. The minimum absolute atomic E-state index is 0.337. The lowest BCUT2D eigenvalue weighted by Gasteiger charge is -2.27. The van der Waals surface area contributed by atoms with E-state index in [-0.39, 0.29) is 0 Å². The van der Waals surface area contributed by atoms with E-state index in [4.69, 9.17) is 5.73 Å². The molecule has 2 fully saturated rings. The summed E-state index contributed by atoms with van der Waals surface area (Å²) in [4.78, 5) is 14.2. The highest BCUT2D eigenvalue weighted by Gasteiger charge is 2.28. The van der Waals surface area contributed by atoms with Gasteiger partial charge in [0.1, 0.15) is 0 Å². The van der Waals surface area contributed by atoms with Gasteiger partial charge in [0, 0.05) is 25.6 Å². The predicted octanol–water partition coefficient (Wildman–Crippen LogP) is 2.15. The molecule has 0 aromatic heterocycles. The predicted molar refractivity (Wildman–Crippen MR) is 69.5 cm³/mol. The van der Waals surface area contributed by atoms with E-state index >= 15 is 0 Å². The van der Waals surface area contributed by atoms with Crippen LogP contribution in [0.3, 0.4) is 0 Å². The molecule has 0 radical (unpaired) electrons. The lowest BCUT2D eigenvalue weighted by atomic mass is 9.84. The number of nitrogens with two attached hydrogens (primary N) is 1. The molecule has 0 aromatic rings. The first-order valence-electron chi connectivity index (χ1n) is 7.22. The summed E-state index contributed by atoms with van der Waals surface area (Å²) >= 11 is 0. The lowest BCUT2D eigenvalue weighted by Crippen LogP contribution is -2.34. The van der Waals surface area contributed by atoms with Crippen molar-refractivity contribution in [2.24, 2.45) is 17.6 Å². The summed E-state index contributed by atoms with van der Waals surface area (Å²) in [5, 5.41) is 0. The van der Waals surface area contributed by atoms with E-state index in [9.17, 15) is 4.79 Å². The molecule has 3 nitrogen and oxygen atoms in total. The van der Waals surface area contributed by atoms with E-state index in [2.05, 4.69) is 11.8 Å². The Morgan fingerprint density at radius 1 is 1.29 bits per heavy atom. The Balaban J connectivity index is 1.77. The molecule has 1 saturated carbocycles. The lowest BCUT2D eigenvalue weighted by molar-refractivity contribution is -0.131. The number of hydrogen-bond acceptors (Lipinski definition) is 2. The third-order valence-electron chi connectivity index (χ3n) is 4.50. The summed E-state index contributed by atoms with van der Waals surface area (Å²) in [5.74, 6) is 1.67. The molecule has 3 unspecified atom stereocenters. The van der Waals surface area contributed by atoms with Crippen molar-refractivity contribution in [1.82, 2.24) is 4.90 Å². The Labute approximate surface area is 105 Å². The van der Waals surface area contributed by atoms with Crippen LogP contribution in [0.1, 0.15) is 51.9 Å². The van der Waals surface area contributed by atoms with Crippen LogP contribution in [-0.4, -0.2) is 29.9 Å². The molecular formula is C14H26N2O. The molecule has 98 valence electrons.